The van der Waals surface area contributed by atoms with Crippen molar-refractivity contribution >= 4 is 68.6 Å². The van der Waals surface area contributed by atoms with Crippen molar-refractivity contribution in [2.45, 2.75) is 149 Å². The van der Waals surface area contributed by atoms with Crippen molar-refractivity contribution in [3.63, 3.8) is 0 Å². The molecule has 69 heavy (non-hydrogen) atoms. The van der Waals surface area contributed by atoms with Gasteiger partial charge < -0.3 is 14.7 Å². The van der Waals surface area contributed by atoms with Gasteiger partial charge in [-0.25, -0.2) is 0 Å². The summed E-state index contributed by atoms with van der Waals surface area (Å²) in [6.07, 6.45) is 2.36. The molecule has 2 unspecified atom stereocenters. The third-order valence-electron chi connectivity index (χ3n) is 17.0. The Hall–Kier alpha value is -6.00. The maximum atomic E-state index is 2.73. The molecule has 7 aromatic carbocycles. The van der Waals surface area contributed by atoms with E-state index in [1.165, 1.54) is 113 Å². The maximum Gasteiger partial charge on any atom is 0.252 e. The van der Waals surface area contributed by atoms with Gasteiger partial charge in [-0.1, -0.05) is 169 Å². The molecular weight excluding hydrogens is 834 g/mol. The smallest absolute Gasteiger partial charge is 0.252 e. The fraction of sp³-hybridized carbons (Fsp3) is 0.354. The van der Waals surface area contributed by atoms with Crippen LogP contribution < -0.4 is 31.1 Å². The molecule has 350 valence electrons. The Morgan fingerprint density at radius 2 is 0.942 bits per heavy atom. The van der Waals surface area contributed by atoms with E-state index in [-0.39, 0.29) is 39.3 Å². The van der Waals surface area contributed by atoms with Crippen LogP contribution in [0.5, 0.6) is 0 Å². The SMILES string of the molecule is Cc1cc2c3c(c1)N(c1ccc(C(C)(C)C)cc1-c1ccccc1)c1cc(C(C)(C)C)ccc1B3c1ccc(N3c4ccc(C(C)(C)C)cc4C4(C)CCC34C)cc1N2c1ccc(C(C)(C)C)cc1. The van der Waals surface area contributed by atoms with Crippen molar-refractivity contribution in [3.8, 4) is 11.1 Å². The van der Waals surface area contributed by atoms with Gasteiger partial charge in [-0.15, -0.1) is 0 Å². The Labute approximate surface area is 414 Å². The van der Waals surface area contributed by atoms with Gasteiger partial charge in [0.1, 0.15) is 0 Å². The molecule has 11 rings (SSSR count). The van der Waals surface area contributed by atoms with Gasteiger partial charge in [0.15, 0.2) is 0 Å². The van der Waals surface area contributed by atoms with Gasteiger partial charge in [0.05, 0.1) is 11.2 Å². The monoisotopic (exact) mass is 906 g/mol. The van der Waals surface area contributed by atoms with Gasteiger partial charge >= 0.3 is 0 Å². The third kappa shape index (κ3) is 6.89. The first-order chi connectivity index (χ1) is 32.4. The molecule has 1 aliphatic carbocycles. The van der Waals surface area contributed by atoms with Crippen LogP contribution in [0.25, 0.3) is 11.1 Å². The molecule has 1 saturated carbocycles. The Bertz CT molecular complexity index is 3210. The van der Waals surface area contributed by atoms with Crippen LogP contribution >= 0.6 is 0 Å². The molecule has 0 N–H and O–H groups in total. The molecule has 3 aliphatic heterocycles. The van der Waals surface area contributed by atoms with E-state index in [1.807, 2.05) is 0 Å². The second-order valence-electron chi connectivity index (χ2n) is 25.7. The number of hydrogen-bond acceptors (Lipinski definition) is 3. The molecule has 4 aliphatic rings. The molecule has 0 saturated heterocycles. The predicted octanol–water partition coefficient (Wildman–Crippen LogP) is 15.9. The van der Waals surface area contributed by atoms with Crippen LogP contribution in [-0.2, 0) is 27.1 Å². The summed E-state index contributed by atoms with van der Waals surface area (Å²) >= 11 is 0. The van der Waals surface area contributed by atoms with E-state index < -0.39 is 0 Å². The van der Waals surface area contributed by atoms with E-state index in [9.17, 15) is 0 Å². The van der Waals surface area contributed by atoms with Crippen molar-refractivity contribution in [3.05, 3.63) is 173 Å². The molecule has 0 radical (unpaired) electrons. The van der Waals surface area contributed by atoms with Crippen LogP contribution in [0.1, 0.15) is 143 Å². The van der Waals surface area contributed by atoms with Crippen molar-refractivity contribution in [2.75, 3.05) is 14.7 Å². The molecule has 7 aromatic rings. The van der Waals surface area contributed by atoms with Crippen LogP contribution in [0, 0.1) is 6.92 Å². The van der Waals surface area contributed by atoms with Crippen LogP contribution in [0.3, 0.4) is 0 Å². The second kappa shape index (κ2) is 15.0. The normalized spacial score (nSPS) is 19.4. The van der Waals surface area contributed by atoms with E-state index in [1.54, 1.807) is 0 Å². The molecular formula is C65H72BN3. The van der Waals surface area contributed by atoms with Gasteiger partial charge in [-0.2, -0.15) is 0 Å². The Morgan fingerprint density at radius 1 is 0.435 bits per heavy atom. The summed E-state index contributed by atoms with van der Waals surface area (Å²) in [4.78, 5) is 7.98. The molecule has 4 heteroatoms. The quantitative estimate of drug-likeness (QED) is 0.163. The average molecular weight is 906 g/mol. The highest BCUT2D eigenvalue weighted by molar-refractivity contribution is 7.00. The Kier molecular flexibility index (Phi) is 9.88. The minimum Gasteiger partial charge on any atom is -0.334 e. The summed E-state index contributed by atoms with van der Waals surface area (Å²) in [6.45, 7) is 35.4. The molecule has 3 nitrogen and oxygen atoms in total. The zero-order valence-corrected chi connectivity index (χ0v) is 44.1. The summed E-state index contributed by atoms with van der Waals surface area (Å²) in [5.74, 6) is 0. The lowest BCUT2D eigenvalue weighted by atomic mass is 9.33. The summed E-state index contributed by atoms with van der Waals surface area (Å²) in [7, 11) is 0. The summed E-state index contributed by atoms with van der Waals surface area (Å²) < 4.78 is 0. The lowest BCUT2D eigenvalue weighted by Gasteiger charge is -2.56. The van der Waals surface area contributed by atoms with E-state index >= 15 is 0 Å². The summed E-state index contributed by atoms with van der Waals surface area (Å²) in [6, 6.07) is 55.0. The molecule has 0 spiro atoms. The highest BCUT2D eigenvalue weighted by atomic mass is 15.3. The number of aryl methyl sites for hydroxylation is 1. The predicted molar refractivity (Wildman–Crippen MR) is 299 cm³/mol. The number of rotatable bonds is 4. The van der Waals surface area contributed by atoms with Gasteiger partial charge in [0.2, 0.25) is 0 Å². The summed E-state index contributed by atoms with van der Waals surface area (Å²) in [5, 5.41) is 0. The fourth-order valence-corrected chi connectivity index (χ4v) is 12.4. The van der Waals surface area contributed by atoms with Crippen molar-refractivity contribution in [1.82, 2.24) is 0 Å². The lowest BCUT2D eigenvalue weighted by molar-refractivity contribution is 0.133. The number of nitrogens with zero attached hydrogens (tertiary/aromatic N) is 3. The van der Waals surface area contributed by atoms with Gasteiger partial charge in [-0.05, 0) is 164 Å². The van der Waals surface area contributed by atoms with Gasteiger partial charge in [-0.3, -0.25) is 0 Å². The van der Waals surface area contributed by atoms with E-state index in [0.29, 0.717) is 0 Å². The zero-order valence-electron chi connectivity index (χ0n) is 44.1. The van der Waals surface area contributed by atoms with Crippen LogP contribution in [-0.4, -0.2) is 12.3 Å². The molecule has 0 bridgehead atoms. The van der Waals surface area contributed by atoms with E-state index in [2.05, 4.69) is 258 Å². The largest absolute Gasteiger partial charge is 0.334 e. The number of fused-ring (bicyclic) bond motifs is 7. The minimum absolute atomic E-state index is 0.0122. The standard InChI is InChI=1S/C65H72BN3/c1-41-35-57-59-58(36-41)68(53-31-24-44(61(5,6)7)37-49(53)42-19-17-16-18-20-42)55-39-46(63(11,12)13)23-29-51(55)66(59)52-30-28-48(40-56(52)67(57)47-26-21-43(22-27-47)60(2,3)4)69-54-32-25-45(62(8,9)10)38-50(54)64(14)33-34-65(64,69)15/h16-32,35-40H,33-34H2,1-15H3. The molecule has 2 atom stereocenters. The minimum atomic E-state index is -0.0434. The second-order valence-corrected chi connectivity index (χ2v) is 25.7. The highest BCUT2D eigenvalue weighted by Crippen LogP contribution is 2.65. The van der Waals surface area contributed by atoms with Gasteiger partial charge in [0, 0.05) is 50.8 Å². The number of hydrogen-bond donors (Lipinski definition) is 0. The summed E-state index contributed by atoms with van der Waals surface area (Å²) in [5.41, 5.74) is 24.8. The lowest BCUT2D eigenvalue weighted by Crippen LogP contribution is -2.62. The maximum absolute atomic E-state index is 2.73. The first kappa shape index (κ1) is 45.4. The van der Waals surface area contributed by atoms with Crippen LogP contribution in [0.2, 0.25) is 0 Å². The van der Waals surface area contributed by atoms with Crippen LogP contribution in [0.4, 0.5) is 45.5 Å². The number of benzene rings is 7. The van der Waals surface area contributed by atoms with Crippen molar-refractivity contribution in [2.24, 2.45) is 0 Å². The average Bonchev–Trinajstić information content (AvgIpc) is 3.41. The highest BCUT2D eigenvalue weighted by Gasteiger charge is 2.63. The molecule has 3 heterocycles. The third-order valence-corrected chi connectivity index (χ3v) is 17.0. The first-order valence-electron chi connectivity index (χ1n) is 25.7. The zero-order chi connectivity index (χ0) is 49.0. The Balaban J connectivity index is 1.19. The molecule has 0 aromatic heterocycles. The van der Waals surface area contributed by atoms with Gasteiger partial charge in [0.25, 0.3) is 6.71 Å². The number of anilines is 8. The van der Waals surface area contributed by atoms with E-state index in [0.717, 1.165) is 6.42 Å². The van der Waals surface area contributed by atoms with Crippen molar-refractivity contribution < 1.29 is 0 Å². The first-order valence-corrected chi connectivity index (χ1v) is 25.7. The van der Waals surface area contributed by atoms with Crippen LogP contribution in [0.15, 0.2) is 140 Å². The fourth-order valence-electron chi connectivity index (χ4n) is 12.4. The molecule has 0 amide bonds. The Morgan fingerprint density at radius 3 is 1.54 bits per heavy atom. The van der Waals surface area contributed by atoms with E-state index in [4.69, 9.17) is 0 Å². The topological polar surface area (TPSA) is 9.72 Å². The van der Waals surface area contributed by atoms with Crippen molar-refractivity contribution in [1.29, 1.82) is 0 Å². The molecule has 1 fully saturated rings.